The standard InChI is InChI=1S/C14H20N2/c1-12-7-4-5-8-13(12)16-10-6-9-14(2,3)11-15/h4-5,7-8,16H,6,9-10H2,1-3H3. The Hall–Kier alpha value is -1.49. The van der Waals surface area contributed by atoms with Crippen molar-refractivity contribution in [3.05, 3.63) is 29.8 Å². The summed E-state index contributed by atoms with van der Waals surface area (Å²) in [5.74, 6) is 0. The summed E-state index contributed by atoms with van der Waals surface area (Å²) < 4.78 is 0. The molecule has 0 saturated carbocycles. The molecule has 86 valence electrons. The Morgan fingerprint density at radius 2 is 2.00 bits per heavy atom. The second-order valence-electron chi connectivity index (χ2n) is 4.84. The van der Waals surface area contributed by atoms with Crippen LogP contribution in [0.1, 0.15) is 32.3 Å². The number of hydrogen-bond donors (Lipinski definition) is 1. The fourth-order valence-corrected chi connectivity index (χ4v) is 1.58. The van der Waals surface area contributed by atoms with Crippen molar-refractivity contribution in [2.45, 2.75) is 33.6 Å². The first-order valence-electron chi connectivity index (χ1n) is 5.76. The van der Waals surface area contributed by atoms with Crippen molar-refractivity contribution in [3.63, 3.8) is 0 Å². The van der Waals surface area contributed by atoms with Crippen LogP contribution in [0.25, 0.3) is 0 Å². The predicted octanol–water partition coefficient (Wildman–Crippen LogP) is 3.74. The molecule has 0 amide bonds. The van der Waals surface area contributed by atoms with Crippen LogP contribution in [0.15, 0.2) is 24.3 Å². The normalized spacial score (nSPS) is 10.9. The second-order valence-corrected chi connectivity index (χ2v) is 4.84. The third kappa shape index (κ3) is 3.94. The lowest BCUT2D eigenvalue weighted by molar-refractivity contribution is 0.441. The zero-order valence-corrected chi connectivity index (χ0v) is 10.4. The molecule has 0 saturated heterocycles. The van der Waals surface area contributed by atoms with Gasteiger partial charge in [-0.2, -0.15) is 5.26 Å². The van der Waals surface area contributed by atoms with E-state index in [2.05, 4.69) is 30.4 Å². The van der Waals surface area contributed by atoms with Gasteiger partial charge in [0, 0.05) is 12.2 Å². The Morgan fingerprint density at radius 3 is 2.62 bits per heavy atom. The summed E-state index contributed by atoms with van der Waals surface area (Å²) in [6, 6.07) is 10.6. The lowest BCUT2D eigenvalue weighted by Gasteiger charge is -2.15. The molecule has 1 rings (SSSR count). The van der Waals surface area contributed by atoms with Gasteiger partial charge in [0.15, 0.2) is 0 Å². The first-order valence-corrected chi connectivity index (χ1v) is 5.76. The number of benzene rings is 1. The number of aryl methyl sites for hydroxylation is 1. The summed E-state index contributed by atoms with van der Waals surface area (Å²) in [6.07, 6.45) is 1.96. The molecule has 0 atom stereocenters. The second kappa shape index (κ2) is 5.55. The Labute approximate surface area is 98.3 Å². The smallest absolute Gasteiger partial charge is 0.0683 e. The molecule has 0 aliphatic rings. The van der Waals surface area contributed by atoms with Gasteiger partial charge in [0.25, 0.3) is 0 Å². The van der Waals surface area contributed by atoms with Gasteiger partial charge in [0.2, 0.25) is 0 Å². The molecule has 0 radical (unpaired) electrons. The SMILES string of the molecule is Cc1ccccc1NCCCC(C)(C)C#N. The third-order valence-corrected chi connectivity index (χ3v) is 2.74. The largest absolute Gasteiger partial charge is 0.385 e. The summed E-state index contributed by atoms with van der Waals surface area (Å²) in [5.41, 5.74) is 2.26. The minimum Gasteiger partial charge on any atom is -0.385 e. The van der Waals surface area contributed by atoms with Gasteiger partial charge in [0.1, 0.15) is 0 Å². The van der Waals surface area contributed by atoms with E-state index < -0.39 is 0 Å². The van der Waals surface area contributed by atoms with Crippen LogP contribution in [-0.4, -0.2) is 6.54 Å². The van der Waals surface area contributed by atoms with Crippen molar-refractivity contribution in [1.82, 2.24) is 0 Å². The molecule has 16 heavy (non-hydrogen) atoms. The molecule has 0 heterocycles. The minimum atomic E-state index is -0.201. The van der Waals surface area contributed by atoms with Crippen molar-refractivity contribution in [1.29, 1.82) is 5.26 Å². The third-order valence-electron chi connectivity index (χ3n) is 2.74. The van der Waals surface area contributed by atoms with E-state index in [9.17, 15) is 0 Å². The summed E-state index contributed by atoms with van der Waals surface area (Å²) in [6.45, 7) is 7.00. The molecule has 2 nitrogen and oxygen atoms in total. The van der Waals surface area contributed by atoms with Crippen molar-refractivity contribution in [3.8, 4) is 6.07 Å². The summed E-state index contributed by atoms with van der Waals surface area (Å²) in [7, 11) is 0. The van der Waals surface area contributed by atoms with Crippen LogP contribution in [0.5, 0.6) is 0 Å². The monoisotopic (exact) mass is 216 g/mol. The van der Waals surface area contributed by atoms with E-state index in [1.807, 2.05) is 26.0 Å². The average molecular weight is 216 g/mol. The average Bonchev–Trinajstić information content (AvgIpc) is 2.27. The summed E-state index contributed by atoms with van der Waals surface area (Å²) in [5, 5.41) is 12.3. The highest BCUT2D eigenvalue weighted by Gasteiger charge is 2.15. The number of nitrogens with one attached hydrogen (secondary N) is 1. The molecule has 0 aliphatic carbocycles. The quantitative estimate of drug-likeness (QED) is 0.761. The van der Waals surface area contributed by atoms with Crippen molar-refractivity contribution < 1.29 is 0 Å². The number of anilines is 1. The maximum atomic E-state index is 8.88. The Morgan fingerprint density at radius 1 is 1.31 bits per heavy atom. The molecule has 0 spiro atoms. The number of para-hydroxylation sites is 1. The first-order chi connectivity index (χ1) is 7.55. The van der Waals surface area contributed by atoms with Gasteiger partial charge < -0.3 is 5.32 Å². The van der Waals surface area contributed by atoms with Crippen LogP contribution < -0.4 is 5.32 Å². The predicted molar refractivity (Wildman–Crippen MR) is 68.3 cm³/mol. The van der Waals surface area contributed by atoms with Crippen LogP contribution in [0, 0.1) is 23.7 Å². The number of nitriles is 1. The van der Waals surface area contributed by atoms with Gasteiger partial charge in [-0.25, -0.2) is 0 Å². The van der Waals surface area contributed by atoms with Crippen molar-refractivity contribution in [2.75, 3.05) is 11.9 Å². The van der Waals surface area contributed by atoms with Gasteiger partial charge in [0.05, 0.1) is 11.5 Å². The zero-order valence-electron chi connectivity index (χ0n) is 10.4. The lowest BCUT2D eigenvalue weighted by atomic mass is 9.90. The van der Waals surface area contributed by atoms with Crippen molar-refractivity contribution >= 4 is 5.69 Å². The molecule has 0 fully saturated rings. The van der Waals surface area contributed by atoms with E-state index in [4.69, 9.17) is 5.26 Å². The molecular weight excluding hydrogens is 196 g/mol. The van der Waals surface area contributed by atoms with E-state index in [0.29, 0.717) is 0 Å². The summed E-state index contributed by atoms with van der Waals surface area (Å²) in [4.78, 5) is 0. The maximum Gasteiger partial charge on any atom is 0.0683 e. The molecule has 1 N–H and O–H groups in total. The highest BCUT2D eigenvalue weighted by molar-refractivity contribution is 5.50. The Bertz CT molecular complexity index is 375. The van der Waals surface area contributed by atoms with E-state index in [-0.39, 0.29) is 5.41 Å². The maximum absolute atomic E-state index is 8.88. The molecule has 0 aromatic heterocycles. The van der Waals surface area contributed by atoms with Gasteiger partial charge in [-0.1, -0.05) is 18.2 Å². The number of rotatable bonds is 5. The van der Waals surface area contributed by atoms with Crippen molar-refractivity contribution in [2.24, 2.45) is 5.41 Å². The van der Waals surface area contributed by atoms with Gasteiger partial charge >= 0.3 is 0 Å². The Kier molecular flexibility index (Phi) is 4.37. The van der Waals surface area contributed by atoms with Crippen LogP contribution >= 0.6 is 0 Å². The Balaban J connectivity index is 2.33. The van der Waals surface area contributed by atoms with Gasteiger partial charge in [-0.05, 0) is 45.2 Å². The molecule has 1 aromatic rings. The van der Waals surface area contributed by atoms with Gasteiger partial charge in [-0.3, -0.25) is 0 Å². The first kappa shape index (κ1) is 12.6. The molecule has 0 unspecified atom stereocenters. The minimum absolute atomic E-state index is 0.201. The number of hydrogen-bond acceptors (Lipinski definition) is 2. The topological polar surface area (TPSA) is 35.8 Å². The molecule has 0 aliphatic heterocycles. The molecule has 0 bridgehead atoms. The van der Waals surface area contributed by atoms with E-state index in [0.717, 1.165) is 19.4 Å². The summed E-state index contributed by atoms with van der Waals surface area (Å²) >= 11 is 0. The highest BCUT2D eigenvalue weighted by Crippen LogP contribution is 2.21. The van der Waals surface area contributed by atoms with Crippen LogP contribution in [0.3, 0.4) is 0 Å². The van der Waals surface area contributed by atoms with Crippen LogP contribution in [0.4, 0.5) is 5.69 Å². The highest BCUT2D eigenvalue weighted by atomic mass is 14.9. The van der Waals surface area contributed by atoms with Crippen LogP contribution in [0.2, 0.25) is 0 Å². The van der Waals surface area contributed by atoms with E-state index in [1.54, 1.807) is 0 Å². The van der Waals surface area contributed by atoms with E-state index >= 15 is 0 Å². The van der Waals surface area contributed by atoms with E-state index in [1.165, 1.54) is 11.3 Å². The molecule has 2 heteroatoms. The molecule has 1 aromatic carbocycles. The number of nitrogens with zero attached hydrogens (tertiary/aromatic N) is 1. The fourth-order valence-electron chi connectivity index (χ4n) is 1.58. The van der Waals surface area contributed by atoms with Crippen LogP contribution in [-0.2, 0) is 0 Å². The van der Waals surface area contributed by atoms with Gasteiger partial charge in [-0.15, -0.1) is 0 Å². The zero-order chi connectivity index (χ0) is 12.0. The molecular formula is C14H20N2. The lowest BCUT2D eigenvalue weighted by Crippen LogP contribution is -2.11. The fraction of sp³-hybridized carbons (Fsp3) is 0.500.